The molecule has 12 atom stereocenters. The second kappa shape index (κ2) is 37.5. The number of phenols is 1. The number of amides is 12. The summed E-state index contributed by atoms with van der Waals surface area (Å²) in [4.78, 5) is 188. The third kappa shape index (κ3) is 22.1. The Bertz CT molecular complexity index is 2980. The van der Waals surface area contributed by atoms with E-state index in [-0.39, 0.29) is 75.3 Å². The number of hydrogen-bond acceptors (Lipinski definition) is 20. The molecule has 510 valence electrons. The molecule has 4 heterocycles. The molecular formula is C60H85N13O16S4. The predicted octanol–water partition coefficient (Wildman–Crippen LogP) is -1.77. The number of unbranched alkanes of at least 4 members (excludes halogenated alkanes) is 1. The van der Waals surface area contributed by atoms with Gasteiger partial charge < -0.3 is 84.0 Å². The number of benzene rings is 2. The number of carbonyl (C=O) groups excluding carboxylic acids is 12. The number of phenolic OH excluding ortho intramolecular Hbond substituents is 1. The first-order chi connectivity index (χ1) is 44.6. The number of fused-ring (bicyclic) bond motifs is 10. The highest BCUT2D eigenvalue weighted by Gasteiger charge is 2.45. The van der Waals surface area contributed by atoms with E-state index in [4.69, 9.17) is 5.73 Å². The Morgan fingerprint density at radius 1 is 0.527 bits per heavy atom. The SMILES string of the molecule is CCCC[C@@H]1NC(=O)[C@H](CO)NC(=O)[C@@H]2CSSC[C@@H](C(=O)O)NC(=O)[C@H](Cc3ccc(O)cc3)NC(=O)[C@H](CCC)NC(=O)[C@H](CC)NC(=O)[C@H](Cc3ccccc3)NC(=O)[C@H](CSSC[C@H](NC(=O)CN)C(=O)N2)NC(=O)[C@@H]2CCCN2C(=O)[C@@H]2CCCN2C1=O. The Kier molecular flexibility index (Phi) is 30.1. The molecule has 0 saturated carbocycles. The van der Waals surface area contributed by atoms with Crippen molar-refractivity contribution in [3.63, 3.8) is 0 Å². The number of nitrogens with one attached hydrogen (secondary N) is 10. The number of nitrogens with zero attached hydrogens (tertiary/aromatic N) is 2. The van der Waals surface area contributed by atoms with Gasteiger partial charge in [-0.05, 0) is 68.2 Å². The minimum Gasteiger partial charge on any atom is -0.508 e. The van der Waals surface area contributed by atoms with Gasteiger partial charge in [0, 0.05) is 48.9 Å². The van der Waals surface area contributed by atoms with Gasteiger partial charge in [-0.2, -0.15) is 0 Å². The lowest BCUT2D eigenvalue weighted by Crippen LogP contribution is -2.61. The van der Waals surface area contributed by atoms with Crippen LogP contribution < -0.4 is 58.9 Å². The van der Waals surface area contributed by atoms with Gasteiger partial charge >= 0.3 is 5.97 Å². The molecule has 2 aromatic rings. The van der Waals surface area contributed by atoms with E-state index in [0.29, 0.717) is 43.2 Å². The summed E-state index contributed by atoms with van der Waals surface area (Å²) in [5, 5.41) is 57.4. The summed E-state index contributed by atoms with van der Waals surface area (Å²) in [6.45, 7) is 3.81. The van der Waals surface area contributed by atoms with E-state index in [2.05, 4.69) is 53.2 Å². The number of hydrogen-bond donors (Lipinski definition) is 14. The zero-order valence-corrected chi connectivity index (χ0v) is 55.3. The number of carboxylic acid groups (broad SMARTS) is 1. The van der Waals surface area contributed by atoms with Crippen LogP contribution in [0, 0.1) is 0 Å². The van der Waals surface area contributed by atoms with Crippen LogP contribution in [0.2, 0.25) is 0 Å². The minimum atomic E-state index is -1.74. The van der Waals surface area contributed by atoms with Crippen molar-refractivity contribution in [2.75, 3.05) is 49.3 Å². The lowest BCUT2D eigenvalue weighted by Gasteiger charge is -2.33. The quantitative estimate of drug-likeness (QED) is 0.0931. The van der Waals surface area contributed by atoms with Gasteiger partial charge in [-0.25, -0.2) is 4.79 Å². The molecular weight excluding hydrogens is 1290 g/mol. The van der Waals surface area contributed by atoms with Crippen LogP contribution >= 0.6 is 43.2 Å². The maximum atomic E-state index is 15.0. The summed E-state index contributed by atoms with van der Waals surface area (Å²) in [6, 6.07) is -2.92. The number of nitrogens with two attached hydrogens (primary N) is 1. The fourth-order valence-electron chi connectivity index (χ4n) is 10.8. The lowest BCUT2D eigenvalue weighted by atomic mass is 10.0. The third-order valence-electron chi connectivity index (χ3n) is 15.9. The number of carbonyl (C=O) groups is 13. The summed E-state index contributed by atoms with van der Waals surface area (Å²) in [5.74, 6) is -13.1. The van der Waals surface area contributed by atoms with Crippen LogP contribution in [0.3, 0.4) is 0 Å². The van der Waals surface area contributed by atoms with Crippen molar-refractivity contribution >= 4 is 120 Å². The van der Waals surface area contributed by atoms with Crippen LogP contribution in [-0.2, 0) is 75.2 Å². The molecule has 33 heteroatoms. The summed E-state index contributed by atoms with van der Waals surface area (Å²) in [6.07, 6.45) is 2.13. The van der Waals surface area contributed by atoms with Crippen molar-refractivity contribution in [3.05, 3.63) is 65.7 Å². The summed E-state index contributed by atoms with van der Waals surface area (Å²) in [5.41, 5.74) is 6.68. The second-order valence-corrected chi connectivity index (χ2v) is 27.9. The normalized spacial score (nSPS) is 27.7. The summed E-state index contributed by atoms with van der Waals surface area (Å²) >= 11 is 0. The van der Waals surface area contributed by atoms with Crippen molar-refractivity contribution in [2.45, 2.75) is 170 Å². The molecule has 0 aromatic heterocycles. The fraction of sp³-hybridized carbons (Fsp3) is 0.583. The van der Waals surface area contributed by atoms with E-state index < -0.39 is 174 Å². The number of aliphatic hydroxyl groups excluding tert-OH is 1. The standard InChI is InChI=1S/C60H85N13O16S4/c1-4-7-16-38-58(86)73-24-12-18-47(73)59(87)72-23-11-17-46(72)57(85)70-44-31-91-90-29-42(62-48(76)27-61)54(82)69-43(56(84)68-41(28-74)53(81)65-38)30-92-93-32-45(60(88)89)71-52(80)40(26-34-19-21-35(75)22-20-34)66-50(78)37(13-5-2)64-49(77)36(6-3)63-51(79)39(67-55(44)83)25-33-14-9-8-10-15-33/h8-10,14-15,19-22,36-47,74-75H,4-7,11-13,16-18,23-32,61H2,1-3H3,(H,62,76)(H,63,79)(H,64,77)(H,65,81)(H,66,78)(H,67,83)(H,68,84)(H,69,82)(H,70,85)(H,71,80)(H,88,89)/t36-,37-,38-,39-,40-,41-,42-,43-,44-,45-,46-,47-/m0/s1. The average molecular weight is 1370 g/mol. The van der Waals surface area contributed by atoms with E-state index in [1.807, 2.05) is 6.92 Å². The molecule has 2 bridgehead atoms. The first-order valence-electron chi connectivity index (χ1n) is 31.1. The van der Waals surface area contributed by atoms with Gasteiger partial charge in [-0.15, -0.1) is 0 Å². The maximum absolute atomic E-state index is 15.0. The molecule has 2 aromatic carbocycles. The molecule has 4 aliphatic rings. The molecule has 0 unspecified atom stereocenters. The number of carboxylic acids is 1. The molecule has 93 heavy (non-hydrogen) atoms. The van der Waals surface area contributed by atoms with Gasteiger partial charge in [0.05, 0.1) is 13.2 Å². The summed E-state index contributed by atoms with van der Waals surface area (Å²) in [7, 11) is 3.59. The van der Waals surface area contributed by atoms with Gasteiger partial charge in [0.2, 0.25) is 70.9 Å². The molecule has 6 rings (SSSR count). The van der Waals surface area contributed by atoms with Gasteiger partial charge in [-0.1, -0.05) is 126 Å². The highest BCUT2D eigenvalue weighted by Crippen LogP contribution is 2.29. The molecule has 0 aliphatic carbocycles. The molecule has 29 nitrogen and oxygen atoms in total. The van der Waals surface area contributed by atoms with Crippen molar-refractivity contribution in [1.82, 2.24) is 63.0 Å². The van der Waals surface area contributed by atoms with Gasteiger partial charge in [-0.3, -0.25) is 57.5 Å². The number of aliphatic carboxylic acids is 1. The Morgan fingerprint density at radius 3 is 1.61 bits per heavy atom. The molecule has 4 fully saturated rings. The van der Waals surface area contributed by atoms with Gasteiger partial charge in [0.1, 0.15) is 78.3 Å². The molecule has 4 aliphatic heterocycles. The Labute approximate surface area is 554 Å². The smallest absolute Gasteiger partial charge is 0.327 e. The zero-order chi connectivity index (χ0) is 67.7. The summed E-state index contributed by atoms with van der Waals surface area (Å²) < 4.78 is 0. The number of aromatic hydroxyl groups is 1. The zero-order valence-electron chi connectivity index (χ0n) is 52.0. The lowest BCUT2D eigenvalue weighted by molar-refractivity contribution is -0.148. The number of rotatable bonds is 14. The first-order valence-corrected chi connectivity index (χ1v) is 36.0. The molecule has 15 N–H and O–H groups in total. The average Bonchev–Trinajstić information content (AvgIpc) is 1.74. The van der Waals surface area contributed by atoms with Crippen molar-refractivity contribution in [1.29, 1.82) is 0 Å². The van der Waals surface area contributed by atoms with Crippen molar-refractivity contribution < 1.29 is 77.6 Å². The van der Waals surface area contributed by atoms with Gasteiger partial charge in [0.15, 0.2) is 0 Å². The highest BCUT2D eigenvalue weighted by atomic mass is 33.1. The molecule has 4 saturated heterocycles. The third-order valence-corrected chi connectivity index (χ3v) is 20.8. The van der Waals surface area contributed by atoms with E-state index in [9.17, 15) is 77.6 Å². The van der Waals surface area contributed by atoms with Crippen LogP contribution in [0.4, 0.5) is 0 Å². The van der Waals surface area contributed by atoms with E-state index in [0.717, 1.165) is 43.2 Å². The van der Waals surface area contributed by atoms with E-state index in [1.165, 1.54) is 34.1 Å². The highest BCUT2D eigenvalue weighted by molar-refractivity contribution is 8.77. The first kappa shape index (κ1) is 74.7. The van der Waals surface area contributed by atoms with E-state index >= 15 is 0 Å². The second-order valence-electron chi connectivity index (χ2n) is 22.8. The Morgan fingerprint density at radius 2 is 1.02 bits per heavy atom. The van der Waals surface area contributed by atoms with Crippen molar-refractivity contribution in [2.24, 2.45) is 5.73 Å². The molecule has 12 amide bonds. The van der Waals surface area contributed by atoms with Crippen LogP contribution in [0.25, 0.3) is 0 Å². The Hall–Kier alpha value is -7.33. The monoisotopic (exact) mass is 1370 g/mol. The largest absolute Gasteiger partial charge is 0.508 e. The predicted molar refractivity (Wildman–Crippen MR) is 349 cm³/mol. The number of aliphatic hydroxyl groups is 1. The molecule has 0 spiro atoms. The van der Waals surface area contributed by atoms with Crippen LogP contribution in [0.5, 0.6) is 5.75 Å². The van der Waals surface area contributed by atoms with E-state index in [1.54, 1.807) is 44.2 Å². The molecule has 0 radical (unpaired) electrons. The topological polar surface area (TPSA) is 435 Å². The fourth-order valence-corrected chi connectivity index (χ4v) is 15.4. The Balaban J connectivity index is 1.46. The van der Waals surface area contributed by atoms with Crippen LogP contribution in [0.1, 0.15) is 96.1 Å². The van der Waals surface area contributed by atoms with Gasteiger partial charge in [0.25, 0.3) is 0 Å². The van der Waals surface area contributed by atoms with Crippen LogP contribution in [0.15, 0.2) is 54.6 Å². The maximum Gasteiger partial charge on any atom is 0.327 e. The minimum absolute atomic E-state index is 0.0263. The van der Waals surface area contributed by atoms with Crippen LogP contribution in [-0.4, -0.2) is 224 Å². The van der Waals surface area contributed by atoms with Crippen molar-refractivity contribution in [3.8, 4) is 5.75 Å².